The van der Waals surface area contributed by atoms with Crippen molar-refractivity contribution in [3.63, 3.8) is 0 Å². The number of nitrogens with zero attached hydrogens (tertiary/aromatic N) is 2. The minimum atomic E-state index is -0.337. The van der Waals surface area contributed by atoms with Gasteiger partial charge in [0.1, 0.15) is 17.0 Å². The smallest absolute Gasteiger partial charge is 0.278 e. The molecule has 0 aliphatic rings. The molecule has 0 radical (unpaired) electrons. The summed E-state index contributed by atoms with van der Waals surface area (Å²) in [5, 5.41) is 15.2. The number of hydrogen-bond acceptors (Lipinski definition) is 4. The van der Waals surface area contributed by atoms with E-state index >= 15 is 0 Å². The largest absolute Gasteiger partial charge is 0.505 e. The molecule has 114 valence electrons. The van der Waals surface area contributed by atoms with Gasteiger partial charge in [-0.25, -0.2) is 4.68 Å². The second kappa shape index (κ2) is 5.02. The summed E-state index contributed by atoms with van der Waals surface area (Å²) >= 11 is 0. The highest BCUT2D eigenvalue weighted by atomic mass is 16.3. The number of furan rings is 1. The fraction of sp³-hybridized carbons (Fsp3) is 0.294. The van der Waals surface area contributed by atoms with Gasteiger partial charge >= 0.3 is 0 Å². The highest BCUT2D eigenvalue weighted by Gasteiger charge is 2.22. The maximum atomic E-state index is 12.5. The lowest BCUT2D eigenvalue weighted by Gasteiger charge is -2.08. The predicted octanol–water partition coefficient (Wildman–Crippen LogP) is 3.08. The van der Waals surface area contributed by atoms with Crippen LogP contribution >= 0.6 is 0 Å². The van der Waals surface area contributed by atoms with E-state index in [0.717, 1.165) is 17.4 Å². The van der Waals surface area contributed by atoms with E-state index in [1.165, 1.54) is 4.68 Å². The van der Waals surface area contributed by atoms with Crippen molar-refractivity contribution in [3.05, 3.63) is 45.6 Å². The van der Waals surface area contributed by atoms with Crippen LogP contribution in [0.1, 0.15) is 23.9 Å². The van der Waals surface area contributed by atoms with E-state index in [0.29, 0.717) is 22.6 Å². The highest BCUT2D eigenvalue weighted by molar-refractivity contribution is 5.97. The summed E-state index contributed by atoms with van der Waals surface area (Å²) in [4.78, 5) is 12.5. The quantitative estimate of drug-likeness (QED) is 0.789. The summed E-state index contributed by atoms with van der Waals surface area (Å²) < 4.78 is 7.01. The molecule has 1 aromatic carbocycles. The van der Waals surface area contributed by atoms with Crippen molar-refractivity contribution in [2.45, 2.75) is 27.2 Å². The Balaban J connectivity index is 2.45. The Bertz CT molecular complexity index is 935. The van der Waals surface area contributed by atoms with Crippen LogP contribution < -0.4 is 5.56 Å². The van der Waals surface area contributed by atoms with Gasteiger partial charge in [-0.15, -0.1) is 0 Å². The zero-order chi connectivity index (χ0) is 16.0. The van der Waals surface area contributed by atoms with Gasteiger partial charge in [0.2, 0.25) is 0 Å². The molecular formula is C17H18N2O3. The molecule has 5 heteroatoms. The molecule has 0 atom stereocenters. The summed E-state index contributed by atoms with van der Waals surface area (Å²) in [5.41, 5.74) is 2.83. The molecule has 0 aliphatic carbocycles. The van der Waals surface area contributed by atoms with Gasteiger partial charge in [-0.1, -0.05) is 13.0 Å². The maximum absolute atomic E-state index is 12.5. The topological polar surface area (TPSA) is 68.3 Å². The van der Waals surface area contributed by atoms with Crippen LogP contribution in [0.4, 0.5) is 0 Å². The first-order valence-corrected chi connectivity index (χ1v) is 7.23. The van der Waals surface area contributed by atoms with E-state index in [9.17, 15) is 9.90 Å². The third-order valence-electron chi connectivity index (χ3n) is 3.97. The van der Waals surface area contributed by atoms with E-state index in [1.807, 2.05) is 18.2 Å². The number of aryl methyl sites for hydroxylation is 4. The Morgan fingerprint density at radius 1 is 1.27 bits per heavy atom. The lowest BCUT2D eigenvalue weighted by atomic mass is 10.0. The Morgan fingerprint density at radius 2 is 2.00 bits per heavy atom. The van der Waals surface area contributed by atoms with Gasteiger partial charge in [0.15, 0.2) is 5.75 Å². The third kappa shape index (κ3) is 2.01. The summed E-state index contributed by atoms with van der Waals surface area (Å²) in [6.07, 6.45) is 0.888. The molecule has 0 spiro atoms. The molecule has 3 rings (SSSR count). The van der Waals surface area contributed by atoms with Crippen molar-refractivity contribution >= 4 is 11.0 Å². The van der Waals surface area contributed by atoms with Crippen LogP contribution in [-0.4, -0.2) is 14.9 Å². The van der Waals surface area contributed by atoms with Crippen LogP contribution in [0.5, 0.6) is 5.75 Å². The molecule has 0 saturated heterocycles. The SMILES string of the molecule is CCc1ccc2oc(C)c(-c3c(O)c(C)nn(C)c3=O)c2c1. The summed E-state index contributed by atoms with van der Waals surface area (Å²) in [7, 11) is 1.58. The van der Waals surface area contributed by atoms with Crippen LogP contribution in [0.15, 0.2) is 27.4 Å². The highest BCUT2D eigenvalue weighted by Crippen LogP contribution is 2.37. The monoisotopic (exact) mass is 298 g/mol. The van der Waals surface area contributed by atoms with Crippen molar-refractivity contribution in [2.24, 2.45) is 7.05 Å². The van der Waals surface area contributed by atoms with Crippen molar-refractivity contribution in [1.82, 2.24) is 9.78 Å². The van der Waals surface area contributed by atoms with Gasteiger partial charge in [-0.2, -0.15) is 5.10 Å². The molecule has 1 N–H and O–H groups in total. The fourth-order valence-corrected chi connectivity index (χ4v) is 2.78. The standard InChI is InChI=1S/C17H18N2O3/c1-5-11-6-7-13-12(8-11)14(10(3)22-13)15-16(20)9(2)18-19(4)17(15)21/h6-8,20H,5H2,1-4H3. The van der Waals surface area contributed by atoms with Crippen molar-refractivity contribution in [3.8, 4) is 16.9 Å². The maximum Gasteiger partial charge on any atom is 0.278 e. The Morgan fingerprint density at radius 3 is 2.68 bits per heavy atom. The zero-order valence-electron chi connectivity index (χ0n) is 13.1. The van der Waals surface area contributed by atoms with E-state index in [4.69, 9.17) is 4.42 Å². The Kier molecular flexibility index (Phi) is 3.28. The minimum Gasteiger partial charge on any atom is -0.505 e. The van der Waals surface area contributed by atoms with Gasteiger partial charge in [-0.3, -0.25) is 4.79 Å². The number of aromatic hydroxyl groups is 1. The number of fused-ring (bicyclic) bond motifs is 1. The van der Waals surface area contributed by atoms with Crippen LogP contribution in [-0.2, 0) is 13.5 Å². The normalized spacial score (nSPS) is 11.3. The molecule has 0 fully saturated rings. The van der Waals surface area contributed by atoms with Crippen molar-refractivity contribution in [2.75, 3.05) is 0 Å². The first kappa shape index (κ1) is 14.4. The first-order chi connectivity index (χ1) is 10.4. The molecule has 22 heavy (non-hydrogen) atoms. The Hall–Kier alpha value is -2.56. The molecule has 0 amide bonds. The van der Waals surface area contributed by atoms with Crippen molar-refractivity contribution in [1.29, 1.82) is 0 Å². The second-order valence-electron chi connectivity index (χ2n) is 5.46. The number of hydrogen-bond donors (Lipinski definition) is 1. The molecule has 0 unspecified atom stereocenters. The molecular weight excluding hydrogens is 280 g/mol. The average molecular weight is 298 g/mol. The lowest BCUT2D eigenvalue weighted by molar-refractivity contribution is 0.460. The molecule has 0 aliphatic heterocycles. The van der Waals surface area contributed by atoms with Gasteiger partial charge < -0.3 is 9.52 Å². The average Bonchev–Trinajstić information content (AvgIpc) is 2.81. The number of rotatable bonds is 2. The van der Waals surface area contributed by atoms with E-state index < -0.39 is 0 Å². The van der Waals surface area contributed by atoms with Crippen LogP contribution in [0.2, 0.25) is 0 Å². The molecule has 2 heterocycles. The van der Waals surface area contributed by atoms with E-state index in [1.54, 1.807) is 20.9 Å². The molecule has 5 nitrogen and oxygen atoms in total. The molecule has 2 aromatic heterocycles. The summed E-state index contributed by atoms with van der Waals surface area (Å²) in [6, 6.07) is 5.92. The number of benzene rings is 1. The Labute approximate surface area is 127 Å². The van der Waals surface area contributed by atoms with Gasteiger partial charge in [0, 0.05) is 18.0 Å². The van der Waals surface area contributed by atoms with Crippen LogP contribution in [0.3, 0.4) is 0 Å². The van der Waals surface area contributed by atoms with E-state index in [2.05, 4.69) is 12.0 Å². The fourth-order valence-electron chi connectivity index (χ4n) is 2.78. The molecule has 3 aromatic rings. The minimum absolute atomic E-state index is 0.0872. The molecule has 0 saturated carbocycles. The van der Waals surface area contributed by atoms with E-state index in [-0.39, 0.29) is 16.9 Å². The first-order valence-electron chi connectivity index (χ1n) is 7.23. The summed E-state index contributed by atoms with van der Waals surface area (Å²) in [6.45, 7) is 5.55. The third-order valence-corrected chi connectivity index (χ3v) is 3.97. The van der Waals surface area contributed by atoms with Crippen LogP contribution in [0, 0.1) is 13.8 Å². The number of aromatic nitrogens is 2. The molecule has 0 bridgehead atoms. The van der Waals surface area contributed by atoms with Crippen molar-refractivity contribution < 1.29 is 9.52 Å². The zero-order valence-corrected chi connectivity index (χ0v) is 13.1. The second-order valence-corrected chi connectivity index (χ2v) is 5.46. The van der Waals surface area contributed by atoms with Gasteiger partial charge in [-0.05, 0) is 38.0 Å². The van der Waals surface area contributed by atoms with Gasteiger partial charge in [0.05, 0.1) is 5.56 Å². The van der Waals surface area contributed by atoms with Gasteiger partial charge in [0.25, 0.3) is 5.56 Å². The lowest BCUT2D eigenvalue weighted by Crippen LogP contribution is -2.22. The van der Waals surface area contributed by atoms with Crippen LogP contribution in [0.25, 0.3) is 22.1 Å². The summed E-state index contributed by atoms with van der Waals surface area (Å²) in [5.74, 6) is 0.525. The predicted molar refractivity (Wildman–Crippen MR) is 85.2 cm³/mol.